The Kier molecular flexibility index (Phi) is 12.0. The zero-order valence-electron chi connectivity index (χ0n) is 17.7. The van der Waals surface area contributed by atoms with Crippen molar-refractivity contribution in [3.05, 3.63) is 29.3 Å². The molecule has 0 radical (unpaired) electrons. The average molecular weight is 386 g/mol. The number of aryl methyl sites for hydroxylation is 2. The van der Waals surface area contributed by atoms with Gasteiger partial charge in [-0.3, -0.25) is 0 Å². The lowest BCUT2D eigenvalue weighted by Gasteiger charge is -2.29. The molecule has 0 aliphatic heterocycles. The van der Waals surface area contributed by atoms with Crippen LogP contribution in [0.25, 0.3) is 0 Å². The fourth-order valence-corrected chi connectivity index (χ4v) is 3.87. The van der Waals surface area contributed by atoms with Crippen molar-refractivity contribution in [1.82, 2.24) is 0 Å². The molecule has 0 aromatic heterocycles. The minimum atomic E-state index is -4.34. The Labute approximate surface area is 162 Å². The van der Waals surface area contributed by atoms with Crippen molar-refractivity contribution in [2.75, 3.05) is 27.2 Å². The monoisotopic (exact) mass is 385 g/mol. The maximum Gasteiger partial charge on any atom is 0.124 e. The van der Waals surface area contributed by atoms with E-state index in [4.69, 9.17) is 0 Å². The molecule has 0 atom stereocenters. The quantitative estimate of drug-likeness (QED) is 0.425. The molecule has 4 nitrogen and oxygen atoms in total. The van der Waals surface area contributed by atoms with Gasteiger partial charge in [0, 0.05) is 0 Å². The Bertz CT molecular complexity index is 600. The summed E-state index contributed by atoms with van der Waals surface area (Å²) in [5.41, 5.74) is 1.19. The lowest BCUT2D eigenvalue weighted by Crippen LogP contribution is -2.41. The van der Waals surface area contributed by atoms with Crippen molar-refractivity contribution in [3.63, 3.8) is 0 Å². The molecule has 0 unspecified atom stereocenters. The summed E-state index contributed by atoms with van der Waals surface area (Å²) in [6.07, 6.45) is 7.92. The van der Waals surface area contributed by atoms with Crippen LogP contribution in [0.15, 0.2) is 23.1 Å². The van der Waals surface area contributed by atoms with Crippen molar-refractivity contribution in [1.29, 1.82) is 0 Å². The number of unbranched alkanes of at least 4 members (excludes halogenated alkanes) is 3. The summed E-state index contributed by atoms with van der Waals surface area (Å²) < 4.78 is 34.5. The highest BCUT2D eigenvalue weighted by atomic mass is 32.2. The number of quaternary nitrogens is 1. The molecule has 1 aromatic rings. The van der Waals surface area contributed by atoms with Crippen molar-refractivity contribution < 1.29 is 17.5 Å². The zero-order chi connectivity index (χ0) is 20.2. The van der Waals surface area contributed by atoms with Gasteiger partial charge in [-0.1, -0.05) is 58.2 Å². The van der Waals surface area contributed by atoms with E-state index in [-0.39, 0.29) is 4.90 Å². The molecule has 1 rings (SSSR count). The third-order valence-electron chi connectivity index (χ3n) is 4.58. The summed E-state index contributed by atoms with van der Waals surface area (Å²) in [4.78, 5) is -0.0292. The first kappa shape index (κ1) is 25.1. The molecular formula is C21H39NO3S. The second-order valence-electron chi connectivity index (χ2n) is 7.71. The van der Waals surface area contributed by atoms with Crippen LogP contribution >= 0.6 is 0 Å². The highest BCUT2D eigenvalue weighted by molar-refractivity contribution is 7.85. The van der Waals surface area contributed by atoms with Gasteiger partial charge in [0.2, 0.25) is 0 Å². The molecule has 0 aliphatic rings. The molecule has 5 heteroatoms. The Balaban J connectivity index is 0.000000508. The fraction of sp³-hybridized carbons (Fsp3) is 0.714. The van der Waals surface area contributed by atoms with Crippen LogP contribution in [0.5, 0.6) is 0 Å². The standard InChI is InChI=1S/C11H16O3S.C10H24N/c1-3-4-7-10-8-5-6-9(2)11(10)15(12,13)14;1-5-7-9-11(3,4)10-8-6-2/h5-6,8H,3-4,7H2,1-2H3,(H,12,13,14);5-10H2,1-4H3/q;+1/p-1. The Morgan fingerprint density at radius 2 is 1.42 bits per heavy atom. The summed E-state index contributed by atoms with van der Waals surface area (Å²) >= 11 is 0. The lowest BCUT2D eigenvalue weighted by atomic mass is 10.1. The third-order valence-corrected chi connectivity index (χ3v) is 5.66. The van der Waals surface area contributed by atoms with Crippen LogP contribution < -0.4 is 0 Å². The Morgan fingerprint density at radius 3 is 1.85 bits per heavy atom. The molecule has 0 saturated carbocycles. The van der Waals surface area contributed by atoms with Crippen molar-refractivity contribution in [2.45, 2.75) is 77.5 Å². The molecule has 1 aromatic carbocycles. The van der Waals surface area contributed by atoms with Gasteiger partial charge in [-0.2, -0.15) is 0 Å². The molecule has 0 spiro atoms. The van der Waals surface area contributed by atoms with Gasteiger partial charge in [0.1, 0.15) is 10.1 Å². The number of hydrogen-bond acceptors (Lipinski definition) is 3. The van der Waals surface area contributed by atoms with Gasteiger partial charge < -0.3 is 9.04 Å². The van der Waals surface area contributed by atoms with E-state index in [9.17, 15) is 13.0 Å². The molecule has 152 valence electrons. The smallest absolute Gasteiger partial charge is 0.124 e. The van der Waals surface area contributed by atoms with E-state index in [0.29, 0.717) is 17.5 Å². The van der Waals surface area contributed by atoms with Gasteiger partial charge >= 0.3 is 0 Å². The second-order valence-corrected chi connectivity index (χ2v) is 9.03. The summed E-state index contributed by atoms with van der Waals surface area (Å²) in [5.74, 6) is 0. The van der Waals surface area contributed by atoms with Gasteiger partial charge in [0.05, 0.1) is 32.1 Å². The van der Waals surface area contributed by atoms with E-state index in [1.54, 1.807) is 25.1 Å². The fourth-order valence-electron chi connectivity index (χ4n) is 2.92. The highest BCUT2D eigenvalue weighted by Gasteiger charge is 2.12. The molecule has 0 N–H and O–H groups in total. The van der Waals surface area contributed by atoms with Crippen LogP contribution in [0.4, 0.5) is 0 Å². The number of rotatable bonds is 10. The van der Waals surface area contributed by atoms with Crippen LogP contribution in [-0.2, 0) is 16.5 Å². The predicted octanol–water partition coefficient (Wildman–Crippen LogP) is 4.90. The van der Waals surface area contributed by atoms with Gasteiger partial charge in [0.25, 0.3) is 0 Å². The van der Waals surface area contributed by atoms with E-state index in [1.165, 1.54) is 43.3 Å². The minimum Gasteiger partial charge on any atom is -0.744 e. The van der Waals surface area contributed by atoms with Crippen LogP contribution in [-0.4, -0.2) is 44.6 Å². The minimum absolute atomic E-state index is 0.0292. The SMILES string of the molecule is CCCC[N+](C)(C)CCCC.CCCCc1cccc(C)c1S(=O)(=O)[O-]. The van der Waals surface area contributed by atoms with Gasteiger partial charge in [0.15, 0.2) is 0 Å². The zero-order valence-corrected chi connectivity index (χ0v) is 18.5. The first-order chi connectivity index (χ1) is 12.1. The van der Waals surface area contributed by atoms with Crippen molar-refractivity contribution in [2.24, 2.45) is 0 Å². The van der Waals surface area contributed by atoms with E-state index >= 15 is 0 Å². The first-order valence-electron chi connectivity index (χ1n) is 9.95. The molecular weight excluding hydrogens is 346 g/mol. The molecule has 0 saturated heterocycles. The van der Waals surface area contributed by atoms with Gasteiger partial charge in [-0.05, 0) is 43.7 Å². The maximum atomic E-state index is 11.1. The molecule has 26 heavy (non-hydrogen) atoms. The highest BCUT2D eigenvalue weighted by Crippen LogP contribution is 2.21. The van der Waals surface area contributed by atoms with Gasteiger partial charge in [-0.15, -0.1) is 0 Å². The topological polar surface area (TPSA) is 57.2 Å². The second kappa shape index (κ2) is 12.5. The molecule has 0 aliphatic carbocycles. The van der Waals surface area contributed by atoms with Crippen molar-refractivity contribution >= 4 is 10.1 Å². The van der Waals surface area contributed by atoms with E-state index in [2.05, 4.69) is 27.9 Å². The van der Waals surface area contributed by atoms with E-state index < -0.39 is 10.1 Å². The average Bonchev–Trinajstić information content (AvgIpc) is 2.56. The van der Waals surface area contributed by atoms with Crippen LogP contribution in [0.3, 0.4) is 0 Å². The Morgan fingerprint density at radius 1 is 0.923 bits per heavy atom. The molecule has 0 fully saturated rings. The number of hydrogen-bond donors (Lipinski definition) is 0. The summed E-state index contributed by atoms with van der Waals surface area (Å²) in [5, 5.41) is 0. The number of nitrogens with zero attached hydrogens (tertiary/aromatic N) is 1. The van der Waals surface area contributed by atoms with Crippen molar-refractivity contribution in [3.8, 4) is 0 Å². The summed E-state index contributed by atoms with van der Waals surface area (Å²) in [6, 6.07) is 5.16. The number of benzene rings is 1. The molecule has 0 heterocycles. The Hall–Kier alpha value is -0.910. The summed E-state index contributed by atoms with van der Waals surface area (Å²) in [7, 11) is 0.333. The van der Waals surface area contributed by atoms with E-state index in [0.717, 1.165) is 12.8 Å². The molecule has 0 amide bonds. The molecule has 0 bridgehead atoms. The third kappa shape index (κ3) is 10.3. The lowest BCUT2D eigenvalue weighted by molar-refractivity contribution is -0.890. The van der Waals surface area contributed by atoms with E-state index in [1.807, 2.05) is 6.92 Å². The predicted molar refractivity (Wildman–Crippen MR) is 109 cm³/mol. The van der Waals surface area contributed by atoms with Crippen LogP contribution in [0.1, 0.15) is 70.4 Å². The maximum absolute atomic E-state index is 11.1. The normalized spacial score (nSPS) is 11.8. The first-order valence-corrected chi connectivity index (χ1v) is 11.4. The van der Waals surface area contributed by atoms with Crippen LogP contribution in [0, 0.1) is 6.92 Å². The summed E-state index contributed by atoms with van der Waals surface area (Å²) in [6.45, 7) is 10.9. The van der Waals surface area contributed by atoms with Gasteiger partial charge in [-0.25, -0.2) is 8.42 Å². The van der Waals surface area contributed by atoms with Crippen LogP contribution in [0.2, 0.25) is 0 Å². The largest absolute Gasteiger partial charge is 0.744 e.